The summed E-state index contributed by atoms with van der Waals surface area (Å²) in [6.07, 6.45) is 5.77. The summed E-state index contributed by atoms with van der Waals surface area (Å²) >= 11 is 1.47. The molecule has 1 fully saturated rings. The predicted octanol–water partition coefficient (Wildman–Crippen LogP) is 4.99. The molecule has 6 nitrogen and oxygen atoms in total. The Hall–Kier alpha value is -3.29. The number of benzene rings is 1. The Kier molecular flexibility index (Phi) is 7.01. The number of piperazine rings is 1. The molecule has 170 valence electrons. The van der Waals surface area contributed by atoms with Crippen molar-refractivity contribution in [3.05, 3.63) is 84.2 Å². The zero-order chi connectivity index (χ0) is 23.4. The van der Waals surface area contributed by atoms with E-state index >= 15 is 0 Å². The van der Waals surface area contributed by atoms with E-state index in [9.17, 15) is 0 Å². The second-order valence-corrected chi connectivity index (χ2v) is 9.32. The summed E-state index contributed by atoms with van der Waals surface area (Å²) in [7, 11) is 2.15. The smallest absolute Gasteiger partial charge is 0.130 e. The lowest BCUT2D eigenvalue weighted by Crippen LogP contribution is -2.44. The van der Waals surface area contributed by atoms with Crippen LogP contribution in [-0.2, 0) is 0 Å². The third kappa shape index (κ3) is 5.56. The van der Waals surface area contributed by atoms with Gasteiger partial charge in [-0.15, -0.1) is 0 Å². The predicted molar refractivity (Wildman–Crippen MR) is 143 cm³/mol. The van der Waals surface area contributed by atoms with Crippen molar-refractivity contribution in [1.29, 1.82) is 0 Å². The molecule has 0 saturated carbocycles. The van der Waals surface area contributed by atoms with E-state index in [1.807, 2.05) is 37.5 Å². The van der Waals surface area contributed by atoms with Crippen molar-refractivity contribution in [2.24, 2.45) is 5.73 Å². The zero-order valence-corrected chi connectivity index (χ0v) is 20.0. The number of aromatic nitrogens is 2. The standard InChI is InChI=1S/C26H30N6S/c1-5-24(33-19(3)27)21-6-7-22-17-29-25(15-23(22)14-21)30-18(2)20-8-9-28-26(16-20)32-12-10-31(4)11-13-32/h5-9,14-17H,2-3,10-13,27H2,1,4H3,(H,29,30)/b24-5-. The number of hydrogen-bond acceptors (Lipinski definition) is 7. The third-order valence-corrected chi connectivity index (χ3v) is 6.66. The average Bonchev–Trinajstić information content (AvgIpc) is 2.82. The van der Waals surface area contributed by atoms with Gasteiger partial charge in [0.25, 0.3) is 0 Å². The average molecular weight is 459 g/mol. The fourth-order valence-electron chi connectivity index (χ4n) is 3.83. The lowest BCUT2D eigenvalue weighted by atomic mass is 10.1. The number of anilines is 2. The lowest BCUT2D eigenvalue weighted by Gasteiger charge is -2.33. The second kappa shape index (κ2) is 10.1. The molecular formula is C26H30N6S. The monoisotopic (exact) mass is 458 g/mol. The van der Waals surface area contributed by atoms with E-state index < -0.39 is 0 Å². The summed E-state index contributed by atoms with van der Waals surface area (Å²) < 4.78 is 0. The van der Waals surface area contributed by atoms with Crippen LogP contribution in [0, 0.1) is 0 Å². The molecule has 1 aromatic carbocycles. The fraction of sp³-hybridized carbons (Fsp3) is 0.231. The van der Waals surface area contributed by atoms with E-state index in [-0.39, 0.29) is 0 Å². The van der Waals surface area contributed by atoms with Crippen LogP contribution in [0.2, 0.25) is 0 Å². The minimum absolute atomic E-state index is 0.574. The Bertz CT molecular complexity index is 1210. The van der Waals surface area contributed by atoms with Crippen molar-refractivity contribution < 1.29 is 0 Å². The van der Waals surface area contributed by atoms with Crippen molar-refractivity contribution in [3.63, 3.8) is 0 Å². The lowest BCUT2D eigenvalue weighted by molar-refractivity contribution is 0.312. The van der Waals surface area contributed by atoms with Crippen molar-refractivity contribution in [1.82, 2.24) is 14.9 Å². The van der Waals surface area contributed by atoms with Gasteiger partial charge in [-0.3, -0.25) is 0 Å². The number of nitrogens with zero attached hydrogens (tertiary/aromatic N) is 4. The van der Waals surface area contributed by atoms with E-state index in [0.717, 1.165) is 70.3 Å². The number of rotatable bonds is 7. The van der Waals surface area contributed by atoms with E-state index in [1.165, 1.54) is 11.8 Å². The minimum Gasteiger partial charge on any atom is -0.394 e. The molecule has 1 saturated heterocycles. The van der Waals surface area contributed by atoms with Crippen LogP contribution in [0.5, 0.6) is 0 Å². The van der Waals surface area contributed by atoms with Gasteiger partial charge in [-0.1, -0.05) is 43.1 Å². The molecule has 0 atom stereocenters. The van der Waals surface area contributed by atoms with Crippen LogP contribution in [0.3, 0.4) is 0 Å². The van der Waals surface area contributed by atoms with Crippen molar-refractivity contribution in [2.75, 3.05) is 43.4 Å². The van der Waals surface area contributed by atoms with Gasteiger partial charge in [-0.25, -0.2) is 9.97 Å². The Morgan fingerprint density at radius 1 is 1.03 bits per heavy atom. The molecule has 1 aliphatic rings. The van der Waals surface area contributed by atoms with Gasteiger partial charge in [0.2, 0.25) is 0 Å². The van der Waals surface area contributed by atoms with Crippen LogP contribution < -0.4 is 16.0 Å². The van der Waals surface area contributed by atoms with Gasteiger partial charge >= 0.3 is 0 Å². The third-order valence-electron chi connectivity index (χ3n) is 5.71. The van der Waals surface area contributed by atoms with Crippen LogP contribution in [0.4, 0.5) is 11.6 Å². The molecular weight excluding hydrogens is 428 g/mol. The molecule has 4 rings (SSSR count). The highest BCUT2D eigenvalue weighted by Gasteiger charge is 2.16. The van der Waals surface area contributed by atoms with Gasteiger partial charge in [-0.05, 0) is 49.2 Å². The largest absolute Gasteiger partial charge is 0.394 e. The summed E-state index contributed by atoms with van der Waals surface area (Å²) in [5, 5.41) is 6.11. The molecule has 3 N–H and O–H groups in total. The highest BCUT2D eigenvalue weighted by molar-refractivity contribution is 8.11. The van der Waals surface area contributed by atoms with Gasteiger partial charge in [-0.2, -0.15) is 0 Å². The van der Waals surface area contributed by atoms with Gasteiger partial charge in [0.1, 0.15) is 11.6 Å². The molecule has 33 heavy (non-hydrogen) atoms. The Labute approximate surface area is 199 Å². The molecule has 1 aliphatic heterocycles. The molecule has 0 spiro atoms. The van der Waals surface area contributed by atoms with Crippen LogP contribution in [-0.4, -0.2) is 48.1 Å². The van der Waals surface area contributed by atoms with Gasteiger partial charge < -0.3 is 20.9 Å². The van der Waals surface area contributed by atoms with Crippen LogP contribution >= 0.6 is 11.8 Å². The minimum atomic E-state index is 0.574. The molecule has 0 unspecified atom stereocenters. The maximum absolute atomic E-state index is 5.81. The van der Waals surface area contributed by atoms with E-state index in [4.69, 9.17) is 5.73 Å². The van der Waals surface area contributed by atoms with Crippen LogP contribution in [0.15, 0.2) is 73.1 Å². The maximum Gasteiger partial charge on any atom is 0.130 e. The number of nitrogens with one attached hydrogen (secondary N) is 1. The summed E-state index contributed by atoms with van der Waals surface area (Å²) in [4.78, 5) is 14.9. The van der Waals surface area contributed by atoms with Gasteiger partial charge in [0.05, 0.1) is 5.03 Å². The molecule has 7 heteroatoms. The molecule has 0 amide bonds. The Morgan fingerprint density at radius 3 is 2.55 bits per heavy atom. The van der Waals surface area contributed by atoms with E-state index in [1.54, 1.807) is 0 Å². The van der Waals surface area contributed by atoms with Crippen molar-refractivity contribution in [2.45, 2.75) is 6.92 Å². The molecule has 0 radical (unpaired) electrons. The number of allylic oxidation sites excluding steroid dienone is 1. The Morgan fingerprint density at radius 2 is 1.82 bits per heavy atom. The van der Waals surface area contributed by atoms with Gasteiger partial charge in [0, 0.05) is 60.1 Å². The number of hydrogen-bond donors (Lipinski definition) is 2. The normalized spacial score (nSPS) is 15.0. The van der Waals surface area contributed by atoms with Crippen molar-refractivity contribution in [3.8, 4) is 0 Å². The van der Waals surface area contributed by atoms with E-state index in [0.29, 0.717) is 5.03 Å². The van der Waals surface area contributed by atoms with Crippen LogP contribution in [0.25, 0.3) is 21.4 Å². The second-order valence-electron chi connectivity index (χ2n) is 8.15. The first-order valence-electron chi connectivity index (χ1n) is 11.0. The number of fused-ring (bicyclic) bond motifs is 1. The van der Waals surface area contributed by atoms with Gasteiger partial charge in [0.15, 0.2) is 0 Å². The summed E-state index contributed by atoms with van der Waals surface area (Å²) in [5.41, 5.74) is 8.70. The molecule has 0 aliphatic carbocycles. The molecule has 2 aromatic heterocycles. The maximum atomic E-state index is 5.81. The fourth-order valence-corrected chi connectivity index (χ4v) is 4.47. The number of pyridine rings is 2. The number of thioether (sulfide) groups is 1. The molecule has 3 heterocycles. The first kappa shape index (κ1) is 22.9. The topological polar surface area (TPSA) is 70.3 Å². The van der Waals surface area contributed by atoms with Crippen LogP contribution in [0.1, 0.15) is 18.1 Å². The Balaban J connectivity index is 1.53. The molecule has 0 bridgehead atoms. The van der Waals surface area contributed by atoms with Crippen molar-refractivity contribution >= 4 is 44.8 Å². The highest BCUT2D eigenvalue weighted by atomic mass is 32.2. The zero-order valence-electron chi connectivity index (χ0n) is 19.2. The number of likely N-dealkylation sites (N-methyl/N-ethyl adjacent to an activating group) is 1. The number of nitrogens with two attached hydrogens (primary N) is 1. The van der Waals surface area contributed by atoms with E-state index in [2.05, 4.69) is 69.6 Å². The molecule has 3 aromatic rings. The summed E-state index contributed by atoms with van der Waals surface area (Å²) in [6, 6.07) is 12.4. The summed E-state index contributed by atoms with van der Waals surface area (Å²) in [6.45, 7) is 14.1. The first-order valence-corrected chi connectivity index (χ1v) is 11.8. The summed E-state index contributed by atoms with van der Waals surface area (Å²) in [5.74, 6) is 1.73. The first-order chi connectivity index (χ1) is 15.9. The highest BCUT2D eigenvalue weighted by Crippen LogP contribution is 2.32. The quantitative estimate of drug-likeness (QED) is 0.517. The SMILES string of the molecule is C=C(N)S/C(=C\C)c1ccc2cnc(NC(=C)c3ccnc(N4CCN(C)CC4)c3)cc2c1.